The second-order valence-corrected chi connectivity index (χ2v) is 37.0. The third kappa shape index (κ3) is 27.2. The van der Waals surface area contributed by atoms with Gasteiger partial charge in [-0.2, -0.15) is 0 Å². The maximum Gasteiger partial charge on any atom is 0.123 e. The van der Waals surface area contributed by atoms with E-state index in [1.807, 2.05) is 157 Å². The molecule has 0 spiro atoms. The molecule has 2 N–H and O–H groups in total. The van der Waals surface area contributed by atoms with E-state index in [9.17, 15) is 32.2 Å². The Kier molecular flexibility index (Phi) is 36.1. The molecule has 7 nitrogen and oxygen atoms in total. The number of hydrogen-bond acceptors (Lipinski definition) is 12. The second-order valence-electron chi connectivity index (χ2n) is 32.3. The maximum absolute atomic E-state index is 13.6. The number of thiophene rings is 5. The van der Waals surface area contributed by atoms with E-state index < -0.39 is 12.2 Å². The van der Waals surface area contributed by atoms with Crippen LogP contribution in [0, 0.1) is 64.6 Å². The molecule has 0 radical (unpaired) electrons. The lowest BCUT2D eigenvalue weighted by atomic mass is 9.92. The fraction of sp³-hybridized carbons (Fsp3) is 0.132. The average molecular weight is 1910 g/mol. The van der Waals surface area contributed by atoms with E-state index in [2.05, 4.69) is 170 Å². The van der Waals surface area contributed by atoms with Crippen molar-refractivity contribution in [2.24, 2.45) is 0 Å². The number of halogens is 5. The third-order valence-corrected chi connectivity index (χ3v) is 28.0. The Morgan fingerprint density at radius 1 is 0.304 bits per heavy atom. The highest BCUT2D eigenvalue weighted by Crippen LogP contribution is 2.49. The Hall–Kier alpha value is -14.5. The van der Waals surface area contributed by atoms with Gasteiger partial charge in [-0.05, 0) is 285 Å². The van der Waals surface area contributed by atoms with E-state index >= 15 is 0 Å². The van der Waals surface area contributed by atoms with E-state index in [1.165, 1.54) is 104 Å². The molecule has 684 valence electrons. The van der Waals surface area contributed by atoms with E-state index in [1.54, 1.807) is 131 Å². The molecule has 0 saturated heterocycles. The summed E-state index contributed by atoms with van der Waals surface area (Å²) < 4.78 is 66.9. The molecule has 19 rings (SSSR count). The van der Waals surface area contributed by atoms with Crippen LogP contribution in [0.1, 0.15) is 125 Å². The van der Waals surface area contributed by atoms with Crippen molar-refractivity contribution in [3.8, 4) is 143 Å². The van der Waals surface area contributed by atoms with Gasteiger partial charge in [0.05, 0.1) is 22.0 Å². The molecule has 0 aliphatic heterocycles. The van der Waals surface area contributed by atoms with Gasteiger partial charge in [0.25, 0.3) is 0 Å². The fourth-order valence-corrected chi connectivity index (χ4v) is 21.4. The van der Waals surface area contributed by atoms with Gasteiger partial charge in [-0.1, -0.05) is 231 Å². The SMILES string of the molecule is CCCC#Cc1cc(-c2ccncc2)c(-c2ccc(F)cc2)s1.CCCC#Cc1sc(-c2ccc(F)cc2)c(-c2ccncc2)c1C(O)CCc1ccccc1.Fc1ccc(-c2scc(C#CCc3ccccc3)c2-c2ccncc2)cc1.Fc1ccc(-c2scc(CCCc3ccccc3)c2-c2ccncc2)cc1.OC(CCc1ccccc1)c1csc(-c2ccc(F)cc2)c1-c1ccncc1. The van der Waals surface area contributed by atoms with E-state index in [0.717, 1.165) is 176 Å². The van der Waals surface area contributed by atoms with Crippen molar-refractivity contribution in [2.75, 3.05) is 0 Å². The van der Waals surface area contributed by atoms with Gasteiger partial charge in [0, 0.05) is 150 Å². The normalized spacial score (nSPS) is 11.1. The first kappa shape index (κ1) is 98.0. The Labute approximate surface area is 824 Å². The van der Waals surface area contributed by atoms with Crippen molar-refractivity contribution in [1.82, 2.24) is 24.9 Å². The van der Waals surface area contributed by atoms with E-state index in [-0.39, 0.29) is 29.1 Å². The molecule has 0 aliphatic rings. The summed E-state index contributed by atoms with van der Waals surface area (Å²) in [6.45, 7) is 4.22. The Balaban J connectivity index is 0.000000131. The number of unbranched alkanes of at least 4 members (excludes halogenated alkanes) is 2. The third-order valence-electron chi connectivity index (χ3n) is 22.6. The number of nitrogens with zero attached hydrogens (tertiary/aromatic N) is 5. The number of aliphatic hydroxyl groups is 2. The monoisotopic (exact) mass is 1910 g/mol. The van der Waals surface area contributed by atoms with Gasteiger partial charge in [0.2, 0.25) is 0 Å². The van der Waals surface area contributed by atoms with Crippen LogP contribution in [-0.2, 0) is 32.1 Å². The highest BCUT2D eigenvalue weighted by atomic mass is 32.1. The number of aryl methyl sites for hydroxylation is 4. The minimum absolute atomic E-state index is 0.205. The molecule has 0 amide bonds. The molecule has 2 atom stereocenters. The minimum atomic E-state index is -0.676. The van der Waals surface area contributed by atoms with Crippen molar-refractivity contribution < 1.29 is 32.2 Å². The predicted molar refractivity (Wildman–Crippen MR) is 563 cm³/mol. The Morgan fingerprint density at radius 2 is 0.667 bits per heavy atom. The average Bonchev–Trinajstić information content (AvgIpc) is 1.61. The largest absolute Gasteiger partial charge is 0.388 e. The lowest BCUT2D eigenvalue weighted by molar-refractivity contribution is 0.168. The smallest absolute Gasteiger partial charge is 0.123 e. The van der Waals surface area contributed by atoms with Gasteiger partial charge < -0.3 is 10.2 Å². The van der Waals surface area contributed by atoms with Crippen LogP contribution in [0.2, 0.25) is 0 Å². The van der Waals surface area contributed by atoms with Gasteiger partial charge in [-0.3, -0.25) is 24.9 Å². The zero-order chi connectivity index (χ0) is 95.4. The number of aromatic nitrogens is 5. The molecule has 19 aromatic rings. The Morgan fingerprint density at radius 3 is 1.12 bits per heavy atom. The summed E-state index contributed by atoms with van der Waals surface area (Å²) in [6.07, 6.45) is 27.0. The highest BCUT2D eigenvalue weighted by molar-refractivity contribution is 7.17. The first-order chi connectivity index (χ1) is 67.8. The summed E-state index contributed by atoms with van der Waals surface area (Å²) in [6, 6.07) is 96.2. The molecule has 0 fully saturated rings. The number of hydrogen-bond donors (Lipinski definition) is 2. The summed E-state index contributed by atoms with van der Waals surface area (Å²) in [5, 5.41) is 28.7. The topological polar surface area (TPSA) is 105 Å². The molecular weight excluding hydrogens is 1810 g/mol. The van der Waals surface area contributed by atoms with Gasteiger partial charge in [-0.25, -0.2) is 22.0 Å². The minimum Gasteiger partial charge on any atom is -0.388 e. The highest BCUT2D eigenvalue weighted by Gasteiger charge is 2.27. The molecule has 0 bridgehead atoms. The van der Waals surface area contributed by atoms with Gasteiger partial charge in [0.15, 0.2) is 0 Å². The second kappa shape index (κ2) is 50.9. The first-order valence-corrected chi connectivity index (χ1v) is 50.0. The first-order valence-electron chi connectivity index (χ1n) is 45.7. The molecule has 2 unspecified atom stereocenters. The molecule has 17 heteroatoms. The lowest BCUT2D eigenvalue weighted by Gasteiger charge is -2.15. The molecular formula is C121H98F5N5O2S5. The maximum atomic E-state index is 13.6. The van der Waals surface area contributed by atoms with Crippen LogP contribution in [0.15, 0.2) is 387 Å². The summed E-state index contributed by atoms with van der Waals surface area (Å²) in [7, 11) is 0. The molecule has 10 heterocycles. The number of rotatable bonds is 25. The number of aliphatic hydroxyl groups excluding tert-OH is 2. The van der Waals surface area contributed by atoms with Crippen LogP contribution in [0.4, 0.5) is 22.0 Å². The quantitative estimate of drug-likeness (QED) is 0.0434. The van der Waals surface area contributed by atoms with E-state index in [0.29, 0.717) is 19.3 Å². The summed E-state index contributed by atoms with van der Waals surface area (Å²) in [5.74, 6) is 18.4. The van der Waals surface area contributed by atoms with Gasteiger partial charge in [0.1, 0.15) is 29.1 Å². The van der Waals surface area contributed by atoms with Crippen LogP contribution >= 0.6 is 56.7 Å². The van der Waals surface area contributed by atoms with Gasteiger partial charge in [-0.15, -0.1) is 56.7 Å². The molecule has 0 aliphatic carbocycles. The van der Waals surface area contributed by atoms with Crippen LogP contribution < -0.4 is 0 Å². The summed E-state index contributed by atoms with van der Waals surface area (Å²) >= 11 is 8.15. The van der Waals surface area contributed by atoms with Crippen LogP contribution in [-0.4, -0.2) is 35.1 Å². The Bertz CT molecular complexity index is 7210. The predicted octanol–water partition coefficient (Wildman–Crippen LogP) is 32.5. The van der Waals surface area contributed by atoms with Crippen molar-refractivity contribution in [3.63, 3.8) is 0 Å². The van der Waals surface area contributed by atoms with Crippen LogP contribution in [0.5, 0.6) is 0 Å². The standard InChI is InChI=1S/C29H26FNOS.C24H20FNOS.C24H20FNS.C24H16FNS.C20H16FNS/c1-2-3-5-10-26-28(25(32)16-11-21-8-6-4-7-9-21)27(22-17-19-31-20-18-22)29(33-26)23-12-14-24(30)15-13-23;25-20-9-7-19(8-10-20)24-23(18-12-14-26-15-13-18)21(16-28-24)22(27)11-6-17-4-2-1-3-5-17;2*25-22-11-9-20(10-12-22)24-23(19-13-15-26-16-14-19)21(17-27-24)8-4-7-18-5-2-1-3-6-18;1-2-3-4-5-18-14-19(15-10-12-22-13-11-15)20(23-18)16-6-8-17(21)9-7-16/h4,6-9,12-15,17-20,25,32H,2-3,11,16H2,1H3;1-5,7-10,12-16,22,27H,6,11H2;1-3,5-6,9-17H,4,7-8H2;1-3,5-6,9-17H,7H2;6-14H,2-3H2,1H3. The van der Waals surface area contributed by atoms with Crippen molar-refractivity contribution in [3.05, 3.63) is 471 Å². The van der Waals surface area contributed by atoms with Gasteiger partial charge >= 0.3 is 0 Å². The molecule has 9 aromatic carbocycles. The zero-order valence-electron chi connectivity index (χ0n) is 76.2. The van der Waals surface area contributed by atoms with Crippen LogP contribution in [0.3, 0.4) is 0 Å². The van der Waals surface area contributed by atoms with Crippen molar-refractivity contribution >= 4 is 56.7 Å². The fourth-order valence-electron chi connectivity index (χ4n) is 15.7. The molecule has 138 heavy (non-hydrogen) atoms. The van der Waals surface area contributed by atoms with Crippen molar-refractivity contribution in [1.29, 1.82) is 0 Å². The summed E-state index contributed by atoms with van der Waals surface area (Å²) in [4.78, 5) is 27.9. The van der Waals surface area contributed by atoms with E-state index in [4.69, 9.17) is 0 Å². The molecule has 10 aromatic heterocycles. The van der Waals surface area contributed by atoms with Crippen LogP contribution in [0.25, 0.3) is 108 Å². The zero-order valence-corrected chi connectivity index (χ0v) is 80.2. The lowest BCUT2D eigenvalue weighted by Crippen LogP contribution is -2.02. The molecule has 0 saturated carbocycles. The number of pyridine rings is 5. The van der Waals surface area contributed by atoms with Crippen molar-refractivity contribution in [2.45, 2.75) is 103 Å². The summed E-state index contributed by atoms with van der Waals surface area (Å²) in [5.41, 5.74) is 24.7. The number of benzene rings is 9.